The van der Waals surface area contributed by atoms with Crippen LogP contribution < -0.4 is 5.32 Å². The van der Waals surface area contributed by atoms with Crippen LogP contribution in [-0.4, -0.2) is 50.8 Å². The highest BCUT2D eigenvalue weighted by molar-refractivity contribution is 6.08. The maximum atomic E-state index is 14.2. The van der Waals surface area contributed by atoms with Gasteiger partial charge in [-0.3, -0.25) is 14.5 Å². The van der Waals surface area contributed by atoms with Gasteiger partial charge in [-0.05, 0) is 34.1 Å². The van der Waals surface area contributed by atoms with Crippen LogP contribution in [0.2, 0.25) is 0 Å². The standard InChI is InChI=1S/C29H53N3O3/c1-11-12-13-14-15-16-17-18-19-20-21-31-23(34)29(30-24(31)35)25(3,4)27(7,8)32(22(2)33)28(9,10)26(29,5)6/h11-21H2,1-10H3,(H,30,35). The van der Waals surface area contributed by atoms with Gasteiger partial charge in [-0.25, -0.2) is 4.79 Å². The molecule has 2 saturated heterocycles. The molecule has 2 heterocycles. The molecule has 202 valence electrons. The van der Waals surface area contributed by atoms with Crippen molar-refractivity contribution in [3.8, 4) is 0 Å². The summed E-state index contributed by atoms with van der Waals surface area (Å²) in [5, 5.41) is 3.21. The first-order valence-electron chi connectivity index (χ1n) is 14.0. The Morgan fingerprint density at radius 3 is 1.51 bits per heavy atom. The number of urea groups is 1. The van der Waals surface area contributed by atoms with Gasteiger partial charge in [-0.2, -0.15) is 0 Å². The molecule has 2 fully saturated rings. The maximum absolute atomic E-state index is 14.2. The van der Waals surface area contributed by atoms with Crippen LogP contribution in [-0.2, 0) is 9.59 Å². The zero-order valence-corrected chi connectivity index (χ0v) is 24.4. The summed E-state index contributed by atoms with van der Waals surface area (Å²) in [6.45, 7) is 20.5. The van der Waals surface area contributed by atoms with Gasteiger partial charge in [0.1, 0.15) is 5.54 Å². The van der Waals surface area contributed by atoms with Crippen LogP contribution in [0.1, 0.15) is 133 Å². The molecule has 0 radical (unpaired) electrons. The fourth-order valence-corrected chi connectivity index (χ4v) is 7.13. The highest BCUT2D eigenvalue weighted by Crippen LogP contribution is 2.64. The van der Waals surface area contributed by atoms with Crippen LogP contribution in [0, 0.1) is 10.8 Å². The van der Waals surface area contributed by atoms with Crippen molar-refractivity contribution in [2.45, 2.75) is 150 Å². The summed E-state index contributed by atoms with van der Waals surface area (Å²) in [4.78, 5) is 43.7. The predicted octanol–water partition coefficient (Wildman–Crippen LogP) is 6.67. The van der Waals surface area contributed by atoms with Crippen LogP contribution in [0.4, 0.5) is 4.79 Å². The molecule has 35 heavy (non-hydrogen) atoms. The number of unbranched alkanes of at least 4 members (excludes halogenated alkanes) is 9. The van der Waals surface area contributed by atoms with Gasteiger partial charge in [0.15, 0.2) is 0 Å². The number of likely N-dealkylation sites (tertiary alicyclic amines) is 1. The van der Waals surface area contributed by atoms with E-state index in [0.29, 0.717) is 6.54 Å². The molecule has 0 aromatic carbocycles. The molecule has 0 aromatic heterocycles. The van der Waals surface area contributed by atoms with Gasteiger partial charge in [-0.1, -0.05) is 92.4 Å². The summed E-state index contributed by atoms with van der Waals surface area (Å²) in [6.07, 6.45) is 12.1. The highest BCUT2D eigenvalue weighted by Gasteiger charge is 2.78. The molecular formula is C29H53N3O3. The molecule has 2 rings (SSSR count). The average Bonchev–Trinajstić information content (AvgIpc) is 2.99. The SMILES string of the molecule is CCCCCCCCCCCCN1C(=O)NC2(C1=O)C(C)(C)C(C)(C)N(C(C)=O)C(C)(C)C2(C)C. The van der Waals surface area contributed by atoms with Crippen molar-refractivity contribution in [2.24, 2.45) is 10.8 Å². The number of nitrogens with zero attached hydrogens (tertiary/aromatic N) is 2. The molecule has 0 aliphatic carbocycles. The van der Waals surface area contributed by atoms with Crippen molar-refractivity contribution in [2.75, 3.05) is 6.54 Å². The Kier molecular flexibility index (Phi) is 8.82. The topological polar surface area (TPSA) is 69.7 Å². The van der Waals surface area contributed by atoms with E-state index in [1.807, 2.05) is 60.3 Å². The molecule has 0 saturated carbocycles. The number of hydrogen-bond donors (Lipinski definition) is 1. The largest absolute Gasteiger partial charge is 0.331 e. The Hall–Kier alpha value is -1.59. The number of carbonyl (C=O) groups is 3. The normalized spacial score (nSPS) is 23.6. The van der Waals surface area contributed by atoms with Crippen LogP contribution in [0.25, 0.3) is 0 Å². The molecule has 2 aliphatic rings. The molecule has 0 unspecified atom stereocenters. The first kappa shape index (κ1) is 29.6. The van der Waals surface area contributed by atoms with Gasteiger partial charge in [0.2, 0.25) is 5.91 Å². The monoisotopic (exact) mass is 491 g/mol. The number of hydrogen-bond acceptors (Lipinski definition) is 3. The van der Waals surface area contributed by atoms with Gasteiger partial charge in [0, 0.05) is 35.4 Å². The predicted molar refractivity (Wildman–Crippen MR) is 143 cm³/mol. The number of piperidine rings is 1. The molecule has 0 aromatic rings. The number of nitrogens with one attached hydrogen (secondary N) is 1. The second-order valence-electron chi connectivity index (χ2n) is 13.0. The van der Waals surface area contributed by atoms with Crippen LogP contribution >= 0.6 is 0 Å². The second-order valence-corrected chi connectivity index (χ2v) is 13.0. The zero-order chi connectivity index (χ0) is 26.9. The molecule has 0 bridgehead atoms. The minimum atomic E-state index is -1.12. The Labute approximate surface area is 215 Å². The summed E-state index contributed by atoms with van der Waals surface area (Å²) in [5.41, 5.74) is -3.84. The lowest BCUT2D eigenvalue weighted by molar-refractivity contribution is -0.221. The van der Waals surface area contributed by atoms with Crippen LogP contribution in [0.5, 0.6) is 0 Å². The van der Waals surface area contributed by atoms with E-state index in [2.05, 4.69) is 12.2 Å². The Balaban J connectivity index is 2.15. The third-order valence-corrected chi connectivity index (χ3v) is 10.2. The first-order chi connectivity index (χ1) is 16.1. The van der Waals surface area contributed by atoms with E-state index in [4.69, 9.17) is 0 Å². The third kappa shape index (κ3) is 4.52. The van der Waals surface area contributed by atoms with Gasteiger partial charge < -0.3 is 10.2 Å². The second kappa shape index (κ2) is 10.4. The lowest BCUT2D eigenvalue weighted by atomic mass is 9.43. The zero-order valence-electron chi connectivity index (χ0n) is 24.4. The van der Waals surface area contributed by atoms with Crippen LogP contribution in [0.15, 0.2) is 0 Å². The lowest BCUT2D eigenvalue weighted by Crippen LogP contribution is -2.86. The number of amides is 4. The molecule has 2 aliphatic heterocycles. The summed E-state index contributed by atoms with van der Waals surface area (Å²) < 4.78 is 0. The third-order valence-electron chi connectivity index (χ3n) is 10.2. The van der Waals surface area contributed by atoms with Crippen LogP contribution in [0.3, 0.4) is 0 Å². The van der Waals surface area contributed by atoms with Crippen molar-refractivity contribution >= 4 is 17.8 Å². The van der Waals surface area contributed by atoms with Crippen molar-refractivity contribution in [3.05, 3.63) is 0 Å². The molecule has 6 heteroatoms. The van der Waals surface area contributed by atoms with Crippen molar-refractivity contribution in [1.82, 2.24) is 15.1 Å². The number of rotatable bonds is 11. The smallest absolute Gasteiger partial charge is 0.325 e. The minimum absolute atomic E-state index is 0.0185. The Morgan fingerprint density at radius 2 is 1.11 bits per heavy atom. The molecule has 1 spiro atoms. The number of imide groups is 1. The Morgan fingerprint density at radius 1 is 0.714 bits per heavy atom. The molecule has 0 atom stereocenters. The molecule has 4 amide bonds. The fourth-order valence-electron chi connectivity index (χ4n) is 7.13. The Bertz CT molecular complexity index is 769. The van der Waals surface area contributed by atoms with Gasteiger partial charge >= 0.3 is 6.03 Å². The van der Waals surface area contributed by atoms with E-state index < -0.39 is 27.4 Å². The van der Waals surface area contributed by atoms with E-state index in [1.54, 1.807) is 6.92 Å². The maximum Gasteiger partial charge on any atom is 0.325 e. The summed E-state index contributed by atoms with van der Waals surface area (Å²) in [5.74, 6) is -0.159. The van der Waals surface area contributed by atoms with Gasteiger partial charge in [0.25, 0.3) is 5.91 Å². The van der Waals surface area contributed by atoms with Crippen molar-refractivity contribution in [1.29, 1.82) is 0 Å². The molecule has 6 nitrogen and oxygen atoms in total. The lowest BCUT2D eigenvalue weighted by Gasteiger charge is -2.72. The fraction of sp³-hybridized carbons (Fsp3) is 0.897. The first-order valence-corrected chi connectivity index (χ1v) is 14.0. The molecular weight excluding hydrogens is 438 g/mol. The summed E-state index contributed by atoms with van der Waals surface area (Å²) in [6, 6.07) is -0.296. The van der Waals surface area contributed by atoms with Gasteiger partial charge in [0.05, 0.1) is 0 Å². The highest BCUT2D eigenvalue weighted by atomic mass is 16.2. The van der Waals surface area contributed by atoms with E-state index >= 15 is 0 Å². The van der Waals surface area contributed by atoms with Crippen molar-refractivity contribution in [3.63, 3.8) is 0 Å². The van der Waals surface area contributed by atoms with E-state index in [1.165, 1.54) is 49.8 Å². The van der Waals surface area contributed by atoms with E-state index in [9.17, 15) is 14.4 Å². The number of carbonyl (C=O) groups excluding carboxylic acids is 3. The molecule has 1 N–H and O–H groups in total. The summed E-state index contributed by atoms with van der Waals surface area (Å²) in [7, 11) is 0. The minimum Gasteiger partial charge on any atom is -0.331 e. The van der Waals surface area contributed by atoms with E-state index in [-0.39, 0.29) is 17.8 Å². The average molecular weight is 492 g/mol. The van der Waals surface area contributed by atoms with Crippen molar-refractivity contribution < 1.29 is 14.4 Å². The summed E-state index contributed by atoms with van der Waals surface area (Å²) >= 11 is 0. The van der Waals surface area contributed by atoms with Gasteiger partial charge in [-0.15, -0.1) is 0 Å². The quantitative estimate of drug-likeness (QED) is 0.259. The van der Waals surface area contributed by atoms with E-state index in [0.717, 1.165) is 19.3 Å².